The second-order valence-corrected chi connectivity index (χ2v) is 5.39. The highest BCUT2D eigenvalue weighted by molar-refractivity contribution is 7.98. The zero-order valence-electron chi connectivity index (χ0n) is 11.7. The molecule has 0 unspecified atom stereocenters. The summed E-state index contributed by atoms with van der Waals surface area (Å²) in [6.45, 7) is 2.15. The van der Waals surface area contributed by atoms with E-state index >= 15 is 0 Å². The van der Waals surface area contributed by atoms with Gasteiger partial charge in [-0.1, -0.05) is 30.0 Å². The minimum absolute atomic E-state index is 0.614. The lowest BCUT2D eigenvalue weighted by Gasteiger charge is -2.21. The molecule has 0 saturated heterocycles. The van der Waals surface area contributed by atoms with Crippen LogP contribution in [0.5, 0.6) is 5.75 Å². The van der Waals surface area contributed by atoms with Crippen LogP contribution < -0.4 is 20.9 Å². The lowest BCUT2D eigenvalue weighted by Crippen LogP contribution is -2.26. The number of para-hydroxylation sites is 1. The van der Waals surface area contributed by atoms with Crippen molar-refractivity contribution in [1.82, 2.24) is 9.97 Å². The highest BCUT2D eigenvalue weighted by Gasteiger charge is 2.17. The number of hydrogen-bond donors (Lipinski definition) is 2. The van der Waals surface area contributed by atoms with Gasteiger partial charge in [-0.3, -0.25) is 0 Å². The minimum atomic E-state index is 0.614. The van der Waals surface area contributed by atoms with Crippen molar-refractivity contribution in [2.75, 3.05) is 29.7 Å². The van der Waals surface area contributed by atoms with Gasteiger partial charge in [0.25, 0.3) is 0 Å². The molecule has 3 N–H and O–H groups in total. The molecule has 2 aromatic rings. The first kappa shape index (κ1) is 14.0. The summed E-state index contributed by atoms with van der Waals surface area (Å²) in [7, 11) is 0. The third-order valence-corrected chi connectivity index (χ3v) is 3.85. The lowest BCUT2D eigenvalue weighted by atomic mass is 10.2. The Morgan fingerprint density at radius 1 is 1.33 bits per heavy atom. The SMILES string of the molecule is CSc1nc(NN)cc(N2CCOc3ccccc3C2)n1. The standard InChI is InChI=1S/C14H17N5OS/c1-21-14-16-12(18-15)8-13(17-14)19-6-7-20-11-5-3-2-4-10(11)9-19/h2-5,8H,6-7,9,15H2,1H3,(H,16,17,18). The van der Waals surface area contributed by atoms with Crippen LogP contribution in [0.3, 0.4) is 0 Å². The number of thioether (sulfide) groups is 1. The van der Waals surface area contributed by atoms with Crippen molar-refractivity contribution in [2.45, 2.75) is 11.7 Å². The highest BCUT2D eigenvalue weighted by atomic mass is 32.2. The number of rotatable bonds is 3. The van der Waals surface area contributed by atoms with Crippen LogP contribution in [0, 0.1) is 0 Å². The first-order chi connectivity index (χ1) is 10.3. The molecule has 1 aliphatic rings. The van der Waals surface area contributed by atoms with Crippen LogP contribution in [-0.2, 0) is 6.54 Å². The monoisotopic (exact) mass is 303 g/mol. The molecule has 0 fully saturated rings. The van der Waals surface area contributed by atoms with Gasteiger partial charge < -0.3 is 15.1 Å². The van der Waals surface area contributed by atoms with Crippen LogP contribution in [0.25, 0.3) is 0 Å². The molecule has 0 atom stereocenters. The molecule has 3 rings (SSSR count). The van der Waals surface area contributed by atoms with Gasteiger partial charge in [0.05, 0.1) is 6.54 Å². The van der Waals surface area contributed by atoms with Gasteiger partial charge in [0, 0.05) is 18.2 Å². The van der Waals surface area contributed by atoms with Gasteiger partial charge in [0.2, 0.25) is 0 Å². The Morgan fingerprint density at radius 2 is 2.19 bits per heavy atom. The Bertz CT molecular complexity index is 614. The summed E-state index contributed by atoms with van der Waals surface area (Å²) in [4.78, 5) is 11.0. The first-order valence-electron chi connectivity index (χ1n) is 6.65. The fourth-order valence-electron chi connectivity index (χ4n) is 2.26. The predicted molar refractivity (Wildman–Crippen MR) is 84.6 cm³/mol. The fourth-order valence-corrected chi connectivity index (χ4v) is 2.64. The van der Waals surface area contributed by atoms with Crippen molar-refractivity contribution >= 4 is 23.4 Å². The summed E-state index contributed by atoms with van der Waals surface area (Å²) < 4.78 is 5.78. The van der Waals surface area contributed by atoms with E-state index in [1.165, 1.54) is 11.8 Å². The van der Waals surface area contributed by atoms with E-state index in [9.17, 15) is 0 Å². The maximum atomic E-state index is 5.78. The van der Waals surface area contributed by atoms with Crippen molar-refractivity contribution in [3.8, 4) is 5.75 Å². The van der Waals surface area contributed by atoms with Crippen molar-refractivity contribution in [3.05, 3.63) is 35.9 Å². The van der Waals surface area contributed by atoms with Crippen LogP contribution in [0.1, 0.15) is 5.56 Å². The maximum Gasteiger partial charge on any atom is 0.191 e. The van der Waals surface area contributed by atoms with E-state index < -0.39 is 0 Å². The van der Waals surface area contributed by atoms with Gasteiger partial charge in [-0.25, -0.2) is 15.8 Å². The molecule has 0 amide bonds. The second kappa shape index (κ2) is 6.19. The number of hydrogen-bond acceptors (Lipinski definition) is 7. The summed E-state index contributed by atoms with van der Waals surface area (Å²) in [6, 6.07) is 9.94. The van der Waals surface area contributed by atoms with Gasteiger partial charge in [0.15, 0.2) is 5.16 Å². The van der Waals surface area contributed by atoms with Crippen LogP contribution >= 0.6 is 11.8 Å². The zero-order chi connectivity index (χ0) is 14.7. The van der Waals surface area contributed by atoms with E-state index in [1.807, 2.05) is 30.5 Å². The smallest absolute Gasteiger partial charge is 0.191 e. The zero-order valence-corrected chi connectivity index (χ0v) is 12.6. The van der Waals surface area contributed by atoms with Crippen molar-refractivity contribution in [3.63, 3.8) is 0 Å². The van der Waals surface area contributed by atoms with Gasteiger partial charge in [-0.15, -0.1) is 0 Å². The minimum Gasteiger partial charge on any atom is -0.491 e. The number of nitrogens with zero attached hydrogens (tertiary/aromatic N) is 3. The molecule has 2 heterocycles. The Kier molecular flexibility index (Phi) is 4.12. The molecular weight excluding hydrogens is 286 g/mol. The topological polar surface area (TPSA) is 76.3 Å². The van der Waals surface area contributed by atoms with E-state index in [4.69, 9.17) is 10.6 Å². The number of nitrogens with two attached hydrogens (primary N) is 1. The van der Waals surface area contributed by atoms with Crippen molar-refractivity contribution in [1.29, 1.82) is 0 Å². The number of benzene rings is 1. The van der Waals surface area contributed by atoms with E-state index in [2.05, 4.69) is 26.4 Å². The van der Waals surface area contributed by atoms with Crippen molar-refractivity contribution in [2.24, 2.45) is 5.84 Å². The molecule has 1 aliphatic heterocycles. The Hall–Kier alpha value is -1.99. The molecule has 0 saturated carbocycles. The molecule has 1 aromatic carbocycles. The van der Waals surface area contributed by atoms with Gasteiger partial charge >= 0.3 is 0 Å². The molecule has 6 nitrogen and oxygen atoms in total. The average Bonchev–Trinajstić information content (AvgIpc) is 2.76. The number of nitrogen functional groups attached to an aromatic ring is 1. The average molecular weight is 303 g/mol. The summed E-state index contributed by atoms with van der Waals surface area (Å²) in [6.07, 6.45) is 1.94. The Labute approximate surface area is 127 Å². The number of hydrazine groups is 1. The number of nitrogens with one attached hydrogen (secondary N) is 1. The summed E-state index contributed by atoms with van der Waals surface area (Å²) in [5, 5.41) is 0.693. The summed E-state index contributed by atoms with van der Waals surface area (Å²) in [5.74, 6) is 7.89. The molecule has 0 aliphatic carbocycles. The van der Waals surface area contributed by atoms with E-state index in [1.54, 1.807) is 0 Å². The Morgan fingerprint density at radius 3 is 3.00 bits per heavy atom. The third kappa shape index (κ3) is 3.03. The quantitative estimate of drug-likeness (QED) is 0.388. The van der Waals surface area contributed by atoms with E-state index in [0.29, 0.717) is 17.6 Å². The molecular formula is C14H17N5OS. The van der Waals surface area contributed by atoms with Gasteiger partial charge in [0.1, 0.15) is 24.0 Å². The third-order valence-electron chi connectivity index (χ3n) is 3.30. The van der Waals surface area contributed by atoms with Gasteiger partial charge in [-0.2, -0.15) is 0 Å². The van der Waals surface area contributed by atoms with Crippen LogP contribution in [0.15, 0.2) is 35.5 Å². The molecule has 0 bridgehead atoms. The normalized spacial score (nSPS) is 14.1. The largest absolute Gasteiger partial charge is 0.491 e. The van der Waals surface area contributed by atoms with E-state index in [-0.39, 0.29) is 0 Å². The Balaban J connectivity index is 1.93. The molecule has 1 aromatic heterocycles. The lowest BCUT2D eigenvalue weighted by molar-refractivity contribution is 0.331. The number of ether oxygens (including phenoxy) is 1. The van der Waals surface area contributed by atoms with Crippen molar-refractivity contribution < 1.29 is 4.74 Å². The van der Waals surface area contributed by atoms with E-state index in [0.717, 1.165) is 30.2 Å². The molecule has 0 radical (unpaired) electrons. The fraction of sp³-hybridized carbons (Fsp3) is 0.286. The molecule has 7 heteroatoms. The summed E-state index contributed by atoms with van der Waals surface area (Å²) >= 11 is 1.49. The number of aromatic nitrogens is 2. The second-order valence-electron chi connectivity index (χ2n) is 4.62. The maximum absolute atomic E-state index is 5.78. The predicted octanol–water partition coefficient (Wildman–Crippen LogP) is 1.88. The number of fused-ring (bicyclic) bond motifs is 1. The number of anilines is 2. The molecule has 0 spiro atoms. The summed E-state index contributed by atoms with van der Waals surface area (Å²) in [5.41, 5.74) is 3.75. The first-order valence-corrected chi connectivity index (χ1v) is 7.88. The van der Waals surface area contributed by atoms with Gasteiger partial charge in [-0.05, 0) is 12.3 Å². The van der Waals surface area contributed by atoms with Crippen LogP contribution in [0.4, 0.5) is 11.6 Å². The molecule has 110 valence electrons. The van der Waals surface area contributed by atoms with Crippen LogP contribution in [0.2, 0.25) is 0 Å². The highest BCUT2D eigenvalue weighted by Crippen LogP contribution is 2.27. The van der Waals surface area contributed by atoms with Crippen LogP contribution in [-0.4, -0.2) is 29.4 Å². The molecule has 21 heavy (non-hydrogen) atoms.